The van der Waals surface area contributed by atoms with Crippen LogP contribution >= 0.6 is 0 Å². The first-order valence-corrected chi connectivity index (χ1v) is 3.75. The van der Waals surface area contributed by atoms with Crippen LogP contribution in [0, 0.1) is 6.57 Å². The van der Waals surface area contributed by atoms with Crippen LogP contribution in [0.4, 0.5) is 5.69 Å². The number of hydrogen-bond donors (Lipinski definition) is 0. The summed E-state index contributed by atoms with van der Waals surface area (Å²) in [6, 6.07) is 4.81. The first-order valence-electron chi connectivity index (χ1n) is 3.75. The second-order valence-electron chi connectivity index (χ2n) is 2.55. The van der Waals surface area contributed by atoms with E-state index < -0.39 is 0 Å². The summed E-state index contributed by atoms with van der Waals surface area (Å²) >= 11 is 0. The molecule has 0 radical (unpaired) electrons. The molecule has 0 aliphatic carbocycles. The van der Waals surface area contributed by atoms with Gasteiger partial charge in [0, 0.05) is 5.56 Å². The molecule has 0 aliphatic heterocycles. The van der Waals surface area contributed by atoms with Gasteiger partial charge in [-0.15, -0.1) is 0 Å². The molecule has 0 spiro atoms. The molecular formula is C10H9NO2. The molecule has 0 atom stereocenters. The summed E-state index contributed by atoms with van der Waals surface area (Å²) in [7, 11) is 1.50. The second kappa shape index (κ2) is 3.72. The van der Waals surface area contributed by atoms with Gasteiger partial charge in [-0.05, 0) is 19.1 Å². The van der Waals surface area contributed by atoms with E-state index in [-0.39, 0.29) is 5.78 Å². The first-order chi connectivity index (χ1) is 6.19. The molecule has 3 nitrogen and oxygen atoms in total. The van der Waals surface area contributed by atoms with Crippen molar-refractivity contribution in [2.45, 2.75) is 6.92 Å². The Labute approximate surface area is 76.8 Å². The third kappa shape index (κ3) is 1.85. The number of methoxy groups -OCH3 is 1. The normalized spacial score (nSPS) is 9.00. The van der Waals surface area contributed by atoms with Crippen molar-refractivity contribution in [3.63, 3.8) is 0 Å². The van der Waals surface area contributed by atoms with Crippen molar-refractivity contribution in [3.05, 3.63) is 35.2 Å². The zero-order valence-electron chi connectivity index (χ0n) is 7.50. The fraction of sp³-hybridized carbons (Fsp3) is 0.200. The Kier molecular flexibility index (Phi) is 2.65. The largest absolute Gasteiger partial charge is 0.508 e. The highest BCUT2D eigenvalue weighted by atomic mass is 16.5. The molecule has 0 fully saturated rings. The summed E-state index contributed by atoms with van der Waals surface area (Å²) in [6.07, 6.45) is 0. The Morgan fingerprint density at radius 3 is 2.69 bits per heavy atom. The molecule has 0 saturated carbocycles. The predicted octanol–water partition coefficient (Wildman–Crippen LogP) is 2.45. The van der Waals surface area contributed by atoms with E-state index in [0.29, 0.717) is 17.0 Å². The summed E-state index contributed by atoms with van der Waals surface area (Å²) in [4.78, 5) is 14.2. The molecule has 0 N–H and O–H groups in total. The van der Waals surface area contributed by atoms with Crippen molar-refractivity contribution in [1.82, 2.24) is 0 Å². The highest BCUT2D eigenvalue weighted by Gasteiger charge is 2.05. The van der Waals surface area contributed by atoms with E-state index in [1.165, 1.54) is 20.1 Å². The minimum Gasteiger partial charge on any atom is -0.508 e. The zero-order chi connectivity index (χ0) is 9.84. The number of benzene rings is 1. The van der Waals surface area contributed by atoms with Gasteiger partial charge in [0.1, 0.15) is 5.75 Å². The van der Waals surface area contributed by atoms with Gasteiger partial charge < -0.3 is 4.74 Å². The van der Waals surface area contributed by atoms with Gasteiger partial charge >= 0.3 is 0 Å². The lowest BCUT2D eigenvalue weighted by molar-refractivity contribution is 0.101. The van der Waals surface area contributed by atoms with Crippen LogP contribution in [0.3, 0.4) is 0 Å². The Morgan fingerprint density at radius 1 is 1.54 bits per heavy atom. The van der Waals surface area contributed by atoms with Gasteiger partial charge in [-0.3, -0.25) is 4.79 Å². The van der Waals surface area contributed by atoms with Crippen molar-refractivity contribution < 1.29 is 9.53 Å². The topological polar surface area (TPSA) is 30.7 Å². The van der Waals surface area contributed by atoms with Crippen molar-refractivity contribution >= 4 is 11.5 Å². The standard InChI is InChI=1S/C10H9NO2/c1-7(12)8-4-5-10(13-3)9(6-8)11-2/h4-6H,1,3H3. The summed E-state index contributed by atoms with van der Waals surface area (Å²) in [5.74, 6) is 0.451. The molecule has 66 valence electrons. The molecule has 0 heterocycles. The molecule has 1 rings (SSSR count). The molecule has 0 aromatic heterocycles. The van der Waals surface area contributed by atoms with Crippen LogP contribution in [0.5, 0.6) is 5.75 Å². The van der Waals surface area contributed by atoms with E-state index in [0.717, 1.165) is 0 Å². The number of carbonyl (C=O) groups is 1. The SMILES string of the molecule is [C-]#[N+]c1cc(C(C)=O)ccc1OC. The van der Waals surface area contributed by atoms with Crippen molar-refractivity contribution in [3.8, 4) is 5.75 Å². The fourth-order valence-corrected chi connectivity index (χ4v) is 0.996. The van der Waals surface area contributed by atoms with Gasteiger partial charge in [0.25, 0.3) is 0 Å². The number of Topliss-reactive ketones (excluding diaryl/α,β-unsaturated/α-hetero) is 1. The van der Waals surface area contributed by atoms with Gasteiger partial charge in [0.05, 0.1) is 13.7 Å². The van der Waals surface area contributed by atoms with Crippen LogP contribution in [0.25, 0.3) is 4.85 Å². The molecule has 13 heavy (non-hydrogen) atoms. The number of ether oxygens (including phenoxy) is 1. The number of carbonyl (C=O) groups excluding carboxylic acids is 1. The predicted molar refractivity (Wildman–Crippen MR) is 49.3 cm³/mol. The quantitative estimate of drug-likeness (QED) is 0.510. The molecule has 0 aliphatic rings. The number of ketones is 1. The van der Waals surface area contributed by atoms with Crippen LogP contribution in [0.1, 0.15) is 17.3 Å². The van der Waals surface area contributed by atoms with Crippen molar-refractivity contribution in [1.29, 1.82) is 0 Å². The maximum Gasteiger partial charge on any atom is 0.228 e. The zero-order valence-corrected chi connectivity index (χ0v) is 7.50. The Hall–Kier alpha value is -1.82. The first kappa shape index (κ1) is 9.27. The molecule has 1 aromatic carbocycles. The minimum absolute atomic E-state index is 0.0486. The maximum absolute atomic E-state index is 11.0. The van der Waals surface area contributed by atoms with E-state index in [2.05, 4.69) is 4.85 Å². The lowest BCUT2D eigenvalue weighted by Gasteiger charge is -2.03. The van der Waals surface area contributed by atoms with Crippen LogP contribution in [-0.2, 0) is 0 Å². The van der Waals surface area contributed by atoms with Crippen LogP contribution in [0.2, 0.25) is 0 Å². The van der Waals surface area contributed by atoms with E-state index in [1.54, 1.807) is 12.1 Å². The molecule has 0 unspecified atom stereocenters. The molecular weight excluding hydrogens is 166 g/mol. The van der Waals surface area contributed by atoms with Crippen LogP contribution in [-0.4, -0.2) is 12.9 Å². The summed E-state index contributed by atoms with van der Waals surface area (Å²) in [5.41, 5.74) is 0.905. The lowest BCUT2D eigenvalue weighted by atomic mass is 10.1. The van der Waals surface area contributed by atoms with Gasteiger partial charge in [-0.1, -0.05) is 6.07 Å². The lowest BCUT2D eigenvalue weighted by Crippen LogP contribution is -1.91. The van der Waals surface area contributed by atoms with E-state index in [9.17, 15) is 4.79 Å². The summed E-state index contributed by atoms with van der Waals surface area (Å²) in [5, 5.41) is 0. The molecule has 1 aromatic rings. The van der Waals surface area contributed by atoms with Gasteiger partial charge in [-0.25, -0.2) is 4.85 Å². The fourth-order valence-electron chi connectivity index (χ4n) is 0.996. The Bertz CT molecular complexity index is 377. The second-order valence-corrected chi connectivity index (χ2v) is 2.55. The number of hydrogen-bond acceptors (Lipinski definition) is 2. The van der Waals surface area contributed by atoms with Crippen LogP contribution < -0.4 is 4.74 Å². The summed E-state index contributed by atoms with van der Waals surface area (Å²) in [6.45, 7) is 8.33. The van der Waals surface area contributed by atoms with Gasteiger partial charge in [-0.2, -0.15) is 0 Å². The van der Waals surface area contributed by atoms with E-state index >= 15 is 0 Å². The number of rotatable bonds is 2. The average molecular weight is 175 g/mol. The highest BCUT2D eigenvalue weighted by Crippen LogP contribution is 2.28. The highest BCUT2D eigenvalue weighted by molar-refractivity contribution is 5.95. The average Bonchev–Trinajstić information content (AvgIpc) is 2.16. The molecule has 0 amide bonds. The molecule has 0 bridgehead atoms. The monoisotopic (exact) mass is 175 g/mol. The van der Waals surface area contributed by atoms with Gasteiger partial charge in [0.2, 0.25) is 5.69 Å². The Morgan fingerprint density at radius 2 is 2.23 bits per heavy atom. The van der Waals surface area contributed by atoms with E-state index in [1.807, 2.05) is 0 Å². The smallest absolute Gasteiger partial charge is 0.228 e. The summed E-state index contributed by atoms with van der Waals surface area (Å²) < 4.78 is 4.95. The molecule has 0 saturated heterocycles. The third-order valence-electron chi connectivity index (χ3n) is 1.71. The maximum atomic E-state index is 11.0. The molecule has 3 heteroatoms. The van der Waals surface area contributed by atoms with Crippen molar-refractivity contribution in [2.24, 2.45) is 0 Å². The van der Waals surface area contributed by atoms with Gasteiger partial charge in [0.15, 0.2) is 5.78 Å². The van der Waals surface area contributed by atoms with Crippen LogP contribution in [0.15, 0.2) is 18.2 Å². The Balaban J connectivity index is 3.23. The van der Waals surface area contributed by atoms with E-state index in [4.69, 9.17) is 11.3 Å². The van der Waals surface area contributed by atoms with Crippen molar-refractivity contribution in [2.75, 3.05) is 7.11 Å². The minimum atomic E-state index is -0.0486. The number of nitrogens with zero attached hydrogens (tertiary/aromatic N) is 1. The third-order valence-corrected chi connectivity index (χ3v) is 1.71.